The van der Waals surface area contributed by atoms with Gasteiger partial charge >= 0.3 is 11.9 Å². The third kappa shape index (κ3) is 6.99. The molecule has 6 heteroatoms. The van der Waals surface area contributed by atoms with Gasteiger partial charge in [-0.2, -0.15) is 0 Å². The van der Waals surface area contributed by atoms with Crippen molar-refractivity contribution in [1.82, 2.24) is 0 Å². The lowest BCUT2D eigenvalue weighted by Crippen LogP contribution is -2.19. The van der Waals surface area contributed by atoms with E-state index in [0.29, 0.717) is 0 Å². The number of hydrogen-bond acceptors (Lipinski definition) is 4. The maximum atomic E-state index is 13.5. The van der Waals surface area contributed by atoms with Crippen LogP contribution in [0.5, 0.6) is 5.75 Å². The van der Waals surface area contributed by atoms with Crippen molar-refractivity contribution in [1.29, 1.82) is 0 Å². The van der Waals surface area contributed by atoms with E-state index in [2.05, 4.69) is 6.92 Å². The van der Waals surface area contributed by atoms with Gasteiger partial charge in [0.15, 0.2) is 11.6 Å². The van der Waals surface area contributed by atoms with Crippen LogP contribution in [-0.2, 0) is 14.3 Å². The molecular weight excluding hydrogens is 323 g/mol. The molecule has 0 aliphatic heterocycles. The van der Waals surface area contributed by atoms with Gasteiger partial charge in [0, 0.05) is 0 Å². The first-order valence-corrected chi connectivity index (χ1v) is 8.19. The second-order valence-electron chi connectivity index (χ2n) is 5.19. The molecule has 0 aromatic heterocycles. The van der Waals surface area contributed by atoms with Gasteiger partial charge < -0.3 is 9.47 Å². The SMILES string of the molecule is CCCCC(CC)OC(=O)CCC(=O)Oc1c(F)cccc1Cl. The molecule has 0 spiro atoms. The predicted octanol–water partition coefficient (Wildman–Crippen LogP) is 4.68. The maximum absolute atomic E-state index is 13.5. The summed E-state index contributed by atoms with van der Waals surface area (Å²) in [6.45, 7) is 4.01. The fourth-order valence-electron chi connectivity index (χ4n) is 1.97. The molecule has 1 aromatic carbocycles. The number of ether oxygens (including phenoxy) is 2. The molecule has 128 valence electrons. The molecule has 4 nitrogen and oxygen atoms in total. The zero-order valence-corrected chi connectivity index (χ0v) is 14.2. The Morgan fingerprint density at radius 3 is 2.52 bits per heavy atom. The number of benzene rings is 1. The minimum atomic E-state index is -0.726. The lowest BCUT2D eigenvalue weighted by molar-refractivity contribution is -0.152. The molecule has 1 unspecified atom stereocenters. The van der Waals surface area contributed by atoms with Crippen LogP contribution in [0.1, 0.15) is 52.4 Å². The molecule has 0 heterocycles. The molecule has 1 atom stereocenters. The smallest absolute Gasteiger partial charge is 0.311 e. The Morgan fingerprint density at radius 1 is 1.22 bits per heavy atom. The second kappa shape index (κ2) is 10.2. The normalized spacial score (nSPS) is 11.8. The molecule has 0 aliphatic carbocycles. The van der Waals surface area contributed by atoms with Crippen molar-refractivity contribution in [2.75, 3.05) is 0 Å². The Kier molecular flexibility index (Phi) is 8.62. The zero-order chi connectivity index (χ0) is 17.2. The summed E-state index contributed by atoms with van der Waals surface area (Å²) in [6, 6.07) is 3.97. The lowest BCUT2D eigenvalue weighted by Gasteiger charge is -2.15. The number of para-hydroxylation sites is 1. The van der Waals surface area contributed by atoms with Gasteiger partial charge in [0.05, 0.1) is 17.9 Å². The van der Waals surface area contributed by atoms with Crippen molar-refractivity contribution in [3.05, 3.63) is 29.0 Å². The molecule has 1 rings (SSSR count). The third-order valence-corrected chi connectivity index (χ3v) is 3.60. The predicted molar refractivity (Wildman–Crippen MR) is 86.0 cm³/mol. The van der Waals surface area contributed by atoms with E-state index in [9.17, 15) is 14.0 Å². The molecule has 0 bridgehead atoms. The Hall–Kier alpha value is -1.62. The topological polar surface area (TPSA) is 52.6 Å². The molecule has 0 fully saturated rings. The maximum Gasteiger partial charge on any atom is 0.311 e. The summed E-state index contributed by atoms with van der Waals surface area (Å²) < 4.78 is 23.7. The van der Waals surface area contributed by atoms with Crippen LogP contribution in [0.2, 0.25) is 5.02 Å². The highest BCUT2D eigenvalue weighted by Crippen LogP contribution is 2.27. The van der Waals surface area contributed by atoms with Crippen LogP contribution >= 0.6 is 11.6 Å². The highest BCUT2D eigenvalue weighted by molar-refractivity contribution is 6.32. The summed E-state index contributed by atoms with van der Waals surface area (Å²) >= 11 is 5.76. The van der Waals surface area contributed by atoms with E-state index in [1.165, 1.54) is 12.1 Å². The van der Waals surface area contributed by atoms with Gasteiger partial charge in [-0.25, -0.2) is 4.39 Å². The van der Waals surface area contributed by atoms with Gasteiger partial charge in [0.1, 0.15) is 6.10 Å². The summed E-state index contributed by atoms with van der Waals surface area (Å²) in [5, 5.41) is 0.00605. The van der Waals surface area contributed by atoms with Crippen molar-refractivity contribution in [3.63, 3.8) is 0 Å². The molecular formula is C17H22ClFO4. The van der Waals surface area contributed by atoms with Crippen molar-refractivity contribution in [3.8, 4) is 5.75 Å². The van der Waals surface area contributed by atoms with E-state index in [1.807, 2.05) is 6.92 Å². The molecule has 0 radical (unpaired) electrons. The monoisotopic (exact) mass is 344 g/mol. The van der Waals surface area contributed by atoms with Gasteiger partial charge in [-0.15, -0.1) is 0 Å². The Balaban J connectivity index is 2.42. The number of halogens is 2. The summed E-state index contributed by atoms with van der Waals surface area (Å²) in [5.74, 6) is -2.22. The first kappa shape index (κ1) is 19.4. The van der Waals surface area contributed by atoms with Crippen molar-refractivity contribution in [2.45, 2.75) is 58.5 Å². The van der Waals surface area contributed by atoms with E-state index in [-0.39, 0.29) is 29.7 Å². The average Bonchev–Trinajstić information content (AvgIpc) is 2.53. The number of unbranched alkanes of at least 4 members (excludes halogenated alkanes) is 1. The van der Waals surface area contributed by atoms with E-state index < -0.39 is 17.8 Å². The summed E-state index contributed by atoms with van der Waals surface area (Å²) in [6.07, 6.45) is 3.15. The molecule has 0 saturated heterocycles. The van der Waals surface area contributed by atoms with E-state index in [1.54, 1.807) is 0 Å². The highest BCUT2D eigenvalue weighted by Gasteiger charge is 2.17. The molecule has 0 saturated carbocycles. The van der Waals surface area contributed by atoms with Crippen LogP contribution in [0.3, 0.4) is 0 Å². The second-order valence-corrected chi connectivity index (χ2v) is 5.59. The fraction of sp³-hybridized carbons (Fsp3) is 0.529. The van der Waals surface area contributed by atoms with Gasteiger partial charge in [-0.3, -0.25) is 9.59 Å². The van der Waals surface area contributed by atoms with Crippen LogP contribution in [0, 0.1) is 5.82 Å². The number of carbonyl (C=O) groups is 2. The van der Waals surface area contributed by atoms with Crippen molar-refractivity contribution < 1.29 is 23.5 Å². The van der Waals surface area contributed by atoms with Crippen LogP contribution in [-0.4, -0.2) is 18.0 Å². The zero-order valence-electron chi connectivity index (χ0n) is 13.4. The number of hydrogen-bond donors (Lipinski definition) is 0. The third-order valence-electron chi connectivity index (χ3n) is 3.30. The molecule has 0 N–H and O–H groups in total. The van der Waals surface area contributed by atoms with Gasteiger partial charge in [-0.1, -0.05) is 44.4 Å². The first-order chi connectivity index (χ1) is 11.0. The minimum absolute atomic E-state index is 0.00605. The first-order valence-electron chi connectivity index (χ1n) is 7.82. The summed E-state index contributed by atoms with van der Waals surface area (Å²) in [5.41, 5.74) is 0. The van der Waals surface area contributed by atoms with E-state index >= 15 is 0 Å². The Bertz CT molecular complexity index is 513. The van der Waals surface area contributed by atoms with Gasteiger partial charge in [0.25, 0.3) is 0 Å². The number of esters is 2. The van der Waals surface area contributed by atoms with Crippen LogP contribution in [0.25, 0.3) is 0 Å². The summed E-state index contributed by atoms with van der Waals surface area (Å²) in [7, 11) is 0. The minimum Gasteiger partial charge on any atom is -0.462 e. The van der Waals surface area contributed by atoms with Crippen molar-refractivity contribution >= 4 is 23.5 Å². The quantitative estimate of drug-likeness (QED) is 0.482. The Labute approximate surface area is 140 Å². The highest BCUT2D eigenvalue weighted by atomic mass is 35.5. The standard InChI is InChI=1S/C17H22ClFO4/c1-3-5-7-12(4-2)22-15(20)10-11-16(21)23-17-13(18)8-6-9-14(17)19/h6,8-9,12H,3-5,7,10-11H2,1-2H3. The van der Waals surface area contributed by atoms with Crippen molar-refractivity contribution in [2.24, 2.45) is 0 Å². The number of rotatable bonds is 9. The fourth-order valence-corrected chi connectivity index (χ4v) is 2.17. The average molecular weight is 345 g/mol. The van der Waals surface area contributed by atoms with Crippen LogP contribution in [0.15, 0.2) is 18.2 Å². The molecule has 0 amide bonds. The van der Waals surface area contributed by atoms with E-state index in [4.69, 9.17) is 21.1 Å². The molecule has 23 heavy (non-hydrogen) atoms. The van der Waals surface area contributed by atoms with E-state index in [0.717, 1.165) is 31.7 Å². The van der Waals surface area contributed by atoms with Gasteiger partial charge in [-0.05, 0) is 25.0 Å². The van der Waals surface area contributed by atoms with Gasteiger partial charge in [0.2, 0.25) is 0 Å². The molecule has 1 aromatic rings. The number of carbonyl (C=O) groups excluding carboxylic acids is 2. The lowest BCUT2D eigenvalue weighted by atomic mass is 10.1. The molecule has 0 aliphatic rings. The Morgan fingerprint density at radius 2 is 1.91 bits per heavy atom. The summed E-state index contributed by atoms with van der Waals surface area (Å²) in [4.78, 5) is 23.4. The van der Waals surface area contributed by atoms with Crippen LogP contribution < -0.4 is 4.74 Å². The van der Waals surface area contributed by atoms with Crippen LogP contribution in [0.4, 0.5) is 4.39 Å². The largest absolute Gasteiger partial charge is 0.462 e.